The maximum absolute atomic E-state index is 13.6. The molecular weight excluding hydrogens is 342 g/mol. The lowest BCUT2D eigenvalue weighted by molar-refractivity contribution is -0.135. The fourth-order valence-corrected chi connectivity index (χ4v) is 5.23. The first-order valence-electron chi connectivity index (χ1n) is 9.90. The molecule has 1 N–H and O–H groups in total. The lowest BCUT2D eigenvalue weighted by Crippen LogP contribution is -2.49. The van der Waals surface area contributed by atoms with Gasteiger partial charge in [0.25, 0.3) is 5.91 Å². The van der Waals surface area contributed by atoms with Crippen molar-refractivity contribution in [3.8, 4) is 5.75 Å². The number of carbonyl (C=O) groups is 2. The quantitative estimate of drug-likeness (QED) is 0.826. The fraction of sp³-hybridized carbons (Fsp3) is 0.524. The molecule has 2 aromatic rings. The second-order valence-electron chi connectivity index (χ2n) is 8.11. The first kappa shape index (κ1) is 16.7. The molecule has 3 aliphatic rings. The number of methoxy groups -OCH3 is 1. The number of fused-ring (bicyclic) bond motifs is 5. The van der Waals surface area contributed by atoms with Crippen LogP contribution in [0.2, 0.25) is 0 Å². The third-order valence-corrected chi connectivity index (χ3v) is 6.74. The van der Waals surface area contributed by atoms with Crippen LogP contribution in [0.15, 0.2) is 18.2 Å². The van der Waals surface area contributed by atoms with Crippen molar-refractivity contribution >= 4 is 22.8 Å². The molecule has 3 heterocycles. The summed E-state index contributed by atoms with van der Waals surface area (Å²) in [7, 11) is 1.66. The predicted molar refractivity (Wildman–Crippen MR) is 102 cm³/mol. The van der Waals surface area contributed by atoms with Crippen molar-refractivity contribution < 1.29 is 14.3 Å². The van der Waals surface area contributed by atoms with Gasteiger partial charge >= 0.3 is 6.03 Å². The zero-order chi connectivity index (χ0) is 18.8. The van der Waals surface area contributed by atoms with E-state index in [4.69, 9.17) is 4.74 Å². The summed E-state index contributed by atoms with van der Waals surface area (Å²) >= 11 is 0. The molecule has 6 nitrogen and oxygen atoms in total. The molecule has 1 saturated heterocycles. The molecule has 27 heavy (non-hydrogen) atoms. The van der Waals surface area contributed by atoms with Gasteiger partial charge in [-0.1, -0.05) is 19.3 Å². The van der Waals surface area contributed by atoms with Crippen LogP contribution >= 0.6 is 0 Å². The monoisotopic (exact) mass is 367 g/mol. The van der Waals surface area contributed by atoms with E-state index in [0.29, 0.717) is 6.54 Å². The molecule has 3 amide bonds. The number of carbonyl (C=O) groups excluding carboxylic acids is 2. The number of rotatable bonds is 2. The summed E-state index contributed by atoms with van der Waals surface area (Å²) in [4.78, 5) is 33.5. The molecule has 6 heteroatoms. The summed E-state index contributed by atoms with van der Waals surface area (Å²) in [5.74, 6) is 0.730. The highest BCUT2D eigenvalue weighted by atomic mass is 16.5. The highest BCUT2D eigenvalue weighted by molar-refractivity contribution is 6.08. The summed E-state index contributed by atoms with van der Waals surface area (Å²) in [6, 6.07) is 5.86. The van der Waals surface area contributed by atoms with Crippen LogP contribution in [0.1, 0.15) is 50.3 Å². The van der Waals surface area contributed by atoms with Gasteiger partial charge in [-0.15, -0.1) is 0 Å². The van der Waals surface area contributed by atoms with E-state index in [1.54, 1.807) is 16.9 Å². The number of aromatic nitrogens is 1. The summed E-state index contributed by atoms with van der Waals surface area (Å²) in [5, 5.41) is 1.08. The second-order valence-corrected chi connectivity index (χ2v) is 8.11. The molecule has 1 atom stereocenters. The fourth-order valence-electron chi connectivity index (χ4n) is 5.23. The van der Waals surface area contributed by atoms with Crippen LogP contribution in [-0.4, -0.2) is 46.4 Å². The Morgan fingerprint density at radius 1 is 1.19 bits per heavy atom. The first-order chi connectivity index (χ1) is 13.1. The van der Waals surface area contributed by atoms with Gasteiger partial charge in [0.15, 0.2) is 5.54 Å². The topological polar surface area (TPSA) is 65.6 Å². The lowest BCUT2D eigenvalue weighted by atomic mass is 9.86. The molecule has 5 rings (SSSR count). The summed E-state index contributed by atoms with van der Waals surface area (Å²) in [5.41, 5.74) is 2.05. The number of nitrogens with zero attached hydrogens (tertiary/aromatic N) is 2. The van der Waals surface area contributed by atoms with Crippen LogP contribution in [-0.2, 0) is 16.8 Å². The second kappa shape index (κ2) is 5.75. The maximum Gasteiger partial charge on any atom is 0.328 e. The van der Waals surface area contributed by atoms with Gasteiger partial charge in [0.2, 0.25) is 0 Å². The SMILES string of the molecule is COc1ccc2[nH]c3c(c2c1)CCN1C(=O)N(C2CCCCC2)C(=O)[C@]31C. The lowest BCUT2D eigenvalue weighted by Gasteiger charge is -2.36. The Morgan fingerprint density at radius 2 is 1.96 bits per heavy atom. The Hall–Kier alpha value is -2.50. The van der Waals surface area contributed by atoms with Gasteiger partial charge < -0.3 is 14.6 Å². The van der Waals surface area contributed by atoms with Crippen molar-refractivity contribution in [2.75, 3.05) is 13.7 Å². The largest absolute Gasteiger partial charge is 0.497 e. The Morgan fingerprint density at radius 3 is 2.70 bits per heavy atom. The number of ether oxygens (including phenoxy) is 1. The third kappa shape index (κ3) is 2.12. The molecule has 2 aliphatic heterocycles. The summed E-state index contributed by atoms with van der Waals surface area (Å²) in [6.07, 6.45) is 5.99. The Balaban J connectivity index is 1.62. The molecular formula is C21H25N3O3. The number of hydrogen-bond acceptors (Lipinski definition) is 3. The number of hydrogen-bond donors (Lipinski definition) is 1. The summed E-state index contributed by atoms with van der Waals surface area (Å²) in [6.45, 7) is 2.47. The van der Waals surface area contributed by atoms with Crippen LogP contribution in [0, 0.1) is 0 Å². The molecule has 1 aromatic carbocycles. The zero-order valence-electron chi connectivity index (χ0n) is 15.9. The maximum atomic E-state index is 13.6. The van der Waals surface area contributed by atoms with E-state index in [2.05, 4.69) is 4.98 Å². The molecule has 0 radical (unpaired) electrons. The van der Waals surface area contributed by atoms with E-state index in [1.165, 1.54) is 6.42 Å². The number of amides is 3. The minimum atomic E-state index is -0.936. The van der Waals surface area contributed by atoms with Crippen molar-refractivity contribution in [3.05, 3.63) is 29.5 Å². The van der Waals surface area contributed by atoms with Crippen LogP contribution in [0.3, 0.4) is 0 Å². The van der Waals surface area contributed by atoms with Crippen LogP contribution in [0.4, 0.5) is 4.79 Å². The van der Waals surface area contributed by atoms with Crippen LogP contribution in [0.5, 0.6) is 5.75 Å². The minimum Gasteiger partial charge on any atom is -0.497 e. The highest BCUT2D eigenvalue weighted by Gasteiger charge is 2.59. The molecule has 2 fully saturated rings. The predicted octanol–water partition coefficient (Wildman–Crippen LogP) is 3.54. The molecule has 1 aliphatic carbocycles. The number of benzene rings is 1. The van der Waals surface area contributed by atoms with E-state index >= 15 is 0 Å². The first-order valence-corrected chi connectivity index (χ1v) is 9.90. The normalized spacial score (nSPS) is 25.9. The summed E-state index contributed by atoms with van der Waals surface area (Å²) < 4.78 is 5.38. The molecule has 142 valence electrons. The number of urea groups is 1. The number of nitrogens with one attached hydrogen (secondary N) is 1. The molecule has 1 aromatic heterocycles. The van der Waals surface area contributed by atoms with E-state index in [9.17, 15) is 9.59 Å². The van der Waals surface area contributed by atoms with Gasteiger partial charge in [-0.05, 0) is 49.9 Å². The van der Waals surface area contributed by atoms with Gasteiger partial charge in [-0.2, -0.15) is 0 Å². The molecule has 0 spiro atoms. The van der Waals surface area contributed by atoms with Crippen molar-refractivity contribution in [3.63, 3.8) is 0 Å². The average Bonchev–Trinajstić information content (AvgIpc) is 3.16. The van der Waals surface area contributed by atoms with Gasteiger partial charge in [0, 0.05) is 23.5 Å². The smallest absolute Gasteiger partial charge is 0.328 e. The van der Waals surface area contributed by atoms with E-state index < -0.39 is 5.54 Å². The van der Waals surface area contributed by atoms with Crippen LogP contribution in [0.25, 0.3) is 10.9 Å². The third-order valence-electron chi connectivity index (χ3n) is 6.74. The number of aromatic amines is 1. The highest BCUT2D eigenvalue weighted by Crippen LogP contribution is 2.46. The van der Waals surface area contributed by atoms with E-state index in [-0.39, 0.29) is 18.0 Å². The number of H-pyrrole nitrogens is 1. The van der Waals surface area contributed by atoms with Gasteiger partial charge in [0.1, 0.15) is 5.75 Å². The van der Waals surface area contributed by atoms with E-state index in [0.717, 1.165) is 60.0 Å². The number of imide groups is 1. The van der Waals surface area contributed by atoms with Crippen molar-refractivity contribution in [1.29, 1.82) is 0 Å². The minimum absolute atomic E-state index is 0.0501. The van der Waals surface area contributed by atoms with Crippen molar-refractivity contribution in [1.82, 2.24) is 14.8 Å². The Labute approximate surface area is 158 Å². The molecule has 0 unspecified atom stereocenters. The van der Waals surface area contributed by atoms with Gasteiger partial charge in [-0.25, -0.2) is 4.79 Å². The van der Waals surface area contributed by atoms with Crippen molar-refractivity contribution in [2.45, 2.75) is 57.0 Å². The standard InChI is InChI=1S/C21H25N3O3/c1-21-18-15(16-12-14(27-2)8-9-17(16)22-18)10-11-23(21)20(26)24(19(21)25)13-6-4-3-5-7-13/h8-9,12-13,22H,3-7,10-11H2,1-2H3/t21-/m0/s1. The van der Waals surface area contributed by atoms with Gasteiger partial charge in [-0.3, -0.25) is 9.69 Å². The van der Waals surface area contributed by atoms with Crippen LogP contribution < -0.4 is 4.74 Å². The van der Waals surface area contributed by atoms with Crippen molar-refractivity contribution in [2.24, 2.45) is 0 Å². The molecule has 0 bridgehead atoms. The van der Waals surface area contributed by atoms with E-state index in [1.807, 2.05) is 25.1 Å². The Bertz CT molecular complexity index is 944. The zero-order valence-corrected chi connectivity index (χ0v) is 15.9. The average molecular weight is 367 g/mol. The van der Waals surface area contributed by atoms with Gasteiger partial charge in [0.05, 0.1) is 12.8 Å². The molecule has 1 saturated carbocycles. The Kier molecular flexibility index (Phi) is 3.55.